The number of hydrogen-bond donors (Lipinski definition) is 0. The maximum absolute atomic E-state index is 12.3. The van der Waals surface area contributed by atoms with Crippen molar-refractivity contribution in [3.8, 4) is 0 Å². The number of Topliss-reactive ketones (excluding diaryl/α,β-unsaturated/α-hetero) is 1. The molecule has 0 atom stereocenters. The predicted octanol–water partition coefficient (Wildman–Crippen LogP) is 3.09. The van der Waals surface area contributed by atoms with Gasteiger partial charge in [-0.3, -0.25) is 9.59 Å². The first-order valence-corrected chi connectivity index (χ1v) is 7.18. The zero-order valence-corrected chi connectivity index (χ0v) is 12.0. The Morgan fingerprint density at radius 3 is 2.48 bits per heavy atom. The van der Waals surface area contributed by atoms with Crippen LogP contribution in [0, 0.1) is 0 Å². The second-order valence-electron chi connectivity index (χ2n) is 5.29. The molecule has 0 aliphatic carbocycles. The highest BCUT2D eigenvalue weighted by molar-refractivity contribution is 6.04. The lowest BCUT2D eigenvalue weighted by atomic mass is 10.1. The van der Waals surface area contributed by atoms with E-state index >= 15 is 0 Å². The van der Waals surface area contributed by atoms with Gasteiger partial charge in [0.15, 0.2) is 5.78 Å². The number of carbonyl (C=O) groups excluding carboxylic acids is 2. The van der Waals surface area contributed by atoms with E-state index in [0.29, 0.717) is 17.7 Å². The van der Waals surface area contributed by atoms with Gasteiger partial charge in [0.05, 0.1) is 6.54 Å². The van der Waals surface area contributed by atoms with Gasteiger partial charge in [0, 0.05) is 17.7 Å². The van der Waals surface area contributed by atoms with Crippen LogP contribution in [0.1, 0.15) is 38.8 Å². The minimum absolute atomic E-state index is 0.0150. The molecule has 2 aromatic carbocycles. The Kier molecular flexibility index (Phi) is 3.57. The molecular formula is C18H17NO2. The molecule has 21 heavy (non-hydrogen) atoms. The fourth-order valence-electron chi connectivity index (χ4n) is 2.63. The van der Waals surface area contributed by atoms with Crippen molar-refractivity contribution in [2.45, 2.75) is 19.9 Å². The summed E-state index contributed by atoms with van der Waals surface area (Å²) in [6.45, 7) is 2.74. The van der Waals surface area contributed by atoms with Crippen molar-refractivity contribution < 1.29 is 9.59 Å². The standard InChI is InChI=1S/C18H17NO2/c1-2-13-7-9-14(10-8-13)17(20)12-19-11-15-5-3-4-6-16(15)18(19)21/h3-10H,2,11-12H2,1H3. The smallest absolute Gasteiger partial charge is 0.254 e. The lowest BCUT2D eigenvalue weighted by Gasteiger charge is -2.14. The van der Waals surface area contributed by atoms with E-state index in [0.717, 1.165) is 12.0 Å². The average Bonchev–Trinajstić information content (AvgIpc) is 2.84. The highest BCUT2D eigenvalue weighted by Crippen LogP contribution is 2.22. The van der Waals surface area contributed by atoms with Crippen molar-refractivity contribution in [3.05, 3.63) is 70.8 Å². The van der Waals surface area contributed by atoms with E-state index in [9.17, 15) is 9.59 Å². The maximum atomic E-state index is 12.3. The van der Waals surface area contributed by atoms with Gasteiger partial charge in [-0.2, -0.15) is 0 Å². The van der Waals surface area contributed by atoms with Crippen LogP contribution in [-0.2, 0) is 13.0 Å². The molecule has 106 valence electrons. The van der Waals surface area contributed by atoms with Crippen LogP contribution in [0.4, 0.5) is 0 Å². The highest BCUT2D eigenvalue weighted by atomic mass is 16.2. The van der Waals surface area contributed by atoms with Crippen molar-refractivity contribution in [2.24, 2.45) is 0 Å². The molecule has 0 saturated heterocycles. The van der Waals surface area contributed by atoms with Crippen molar-refractivity contribution >= 4 is 11.7 Å². The second-order valence-corrected chi connectivity index (χ2v) is 5.29. The molecule has 1 aliphatic heterocycles. The summed E-state index contributed by atoms with van der Waals surface area (Å²) in [7, 11) is 0. The molecule has 0 aromatic heterocycles. The zero-order chi connectivity index (χ0) is 14.8. The van der Waals surface area contributed by atoms with E-state index in [2.05, 4.69) is 6.92 Å². The minimum Gasteiger partial charge on any atom is -0.327 e. The van der Waals surface area contributed by atoms with Gasteiger partial charge in [0.25, 0.3) is 5.91 Å². The predicted molar refractivity (Wildman–Crippen MR) is 81.3 cm³/mol. The third-order valence-electron chi connectivity index (χ3n) is 3.91. The van der Waals surface area contributed by atoms with E-state index in [1.165, 1.54) is 5.56 Å². The number of aryl methyl sites for hydroxylation is 1. The molecule has 1 heterocycles. The Bertz CT molecular complexity index is 689. The molecule has 3 rings (SSSR count). The topological polar surface area (TPSA) is 37.4 Å². The van der Waals surface area contributed by atoms with Gasteiger partial charge in [-0.1, -0.05) is 49.4 Å². The lowest BCUT2D eigenvalue weighted by molar-refractivity contribution is 0.0729. The molecule has 2 aromatic rings. The Labute approximate surface area is 124 Å². The van der Waals surface area contributed by atoms with Crippen molar-refractivity contribution in [1.82, 2.24) is 4.90 Å². The Morgan fingerprint density at radius 1 is 1.10 bits per heavy atom. The van der Waals surface area contributed by atoms with E-state index < -0.39 is 0 Å². The molecule has 0 fully saturated rings. The lowest BCUT2D eigenvalue weighted by Crippen LogP contribution is -2.30. The van der Waals surface area contributed by atoms with Crippen LogP contribution < -0.4 is 0 Å². The summed E-state index contributed by atoms with van der Waals surface area (Å²) in [4.78, 5) is 26.2. The summed E-state index contributed by atoms with van der Waals surface area (Å²) < 4.78 is 0. The van der Waals surface area contributed by atoms with Gasteiger partial charge < -0.3 is 4.90 Å². The number of carbonyl (C=O) groups is 2. The number of benzene rings is 2. The number of amides is 1. The SMILES string of the molecule is CCc1ccc(C(=O)CN2Cc3ccccc3C2=O)cc1. The number of hydrogen-bond acceptors (Lipinski definition) is 2. The van der Waals surface area contributed by atoms with Crippen LogP contribution in [0.25, 0.3) is 0 Å². The summed E-state index contributed by atoms with van der Waals surface area (Å²) in [5, 5.41) is 0. The van der Waals surface area contributed by atoms with Gasteiger partial charge in [0.1, 0.15) is 0 Å². The first-order chi connectivity index (χ1) is 10.2. The molecule has 3 heteroatoms. The van der Waals surface area contributed by atoms with Crippen molar-refractivity contribution in [2.75, 3.05) is 6.54 Å². The molecular weight excluding hydrogens is 262 g/mol. The molecule has 0 N–H and O–H groups in total. The first-order valence-electron chi connectivity index (χ1n) is 7.18. The molecule has 0 spiro atoms. The number of rotatable bonds is 4. The number of ketones is 1. The highest BCUT2D eigenvalue weighted by Gasteiger charge is 2.28. The number of fused-ring (bicyclic) bond motifs is 1. The molecule has 0 unspecified atom stereocenters. The molecule has 0 radical (unpaired) electrons. The molecule has 1 amide bonds. The van der Waals surface area contributed by atoms with Gasteiger partial charge in [-0.15, -0.1) is 0 Å². The van der Waals surface area contributed by atoms with E-state index in [4.69, 9.17) is 0 Å². The summed E-state index contributed by atoms with van der Waals surface area (Å²) in [5.41, 5.74) is 3.58. The monoisotopic (exact) mass is 279 g/mol. The Morgan fingerprint density at radius 2 is 1.81 bits per heavy atom. The van der Waals surface area contributed by atoms with Gasteiger partial charge in [-0.05, 0) is 23.6 Å². The molecule has 0 saturated carbocycles. The number of nitrogens with zero attached hydrogens (tertiary/aromatic N) is 1. The van der Waals surface area contributed by atoms with E-state index in [-0.39, 0.29) is 18.2 Å². The Balaban J connectivity index is 1.73. The van der Waals surface area contributed by atoms with Crippen LogP contribution in [0.15, 0.2) is 48.5 Å². The van der Waals surface area contributed by atoms with Crippen LogP contribution in [0.3, 0.4) is 0 Å². The third kappa shape index (κ3) is 2.59. The van der Waals surface area contributed by atoms with Gasteiger partial charge >= 0.3 is 0 Å². The second kappa shape index (κ2) is 5.52. The molecule has 3 nitrogen and oxygen atoms in total. The summed E-state index contributed by atoms with van der Waals surface area (Å²) in [6, 6.07) is 15.1. The largest absolute Gasteiger partial charge is 0.327 e. The average molecular weight is 279 g/mol. The van der Waals surface area contributed by atoms with Crippen LogP contribution >= 0.6 is 0 Å². The molecule has 1 aliphatic rings. The summed E-state index contributed by atoms with van der Waals surface area (Å²) in [6.07, 6.45) is 0.953. The fraction of sp³-hybridized carbons (Fsp3) is 0.222. The Hall–Kier alpha value is -2.42. The van der Waals surface area contributed by atoms with Crippen LogP contribution in [-0.4, -0.2) is 23.1 Å². The van der Waals surface area contributed by atoms with E-state index in [1.807, 2.05) is 48.5 Å². The fourth-order valence-corrected chi connectivity index (χ4v) is 2.63. The first kappa shape index (κ1) is 13.6. The van der Waals surface area contributed by atoms with Gasteiger partial charge in [-0.25, -0.2) is 0 Å². The summed E-state index contributed by atoms with van der Waals surface area (Å²) >= 11 is 0. The normalized spacial score (nSPS) is 13.4. The summed E-state index contributed by atoms with van der Waals surface area (Å²) in [5.74, 6) is -0.0667. The van der Waals surface area contributed by atoms with E-state index in [1.54, 1.807) is 4.90 Å². The quantitative estimate of drug-likeness (QED) is 0.806. The third-order valence-corrected chi connectivity index (χ3v) is 3.91. The van der Waals surface area contributed by atoms with Crippen molar-refractivity contribution in [1.29, 1.82) is 0 Å². The van der Waals surface area contributed by atoms with Gasteiger partial charge in [0.2, 0.25) is 0 Å². The minimum atomic E-state index is -0.0517. The van der Waals surface area contributed by atoms with Crippen molar-refractivity contribution in [3.63, 3.8) is 0 Å². The zero-order valence-electron chi connectivity index (χ0n) is 12.0. The maximum Gasteiger partial charge on any atom is 0.254 e. The van der Waals surface area contributed by atoms with Crippen LogP contribution in [0.2, 0.25) is 0 Å². The molecule has 0 bridgehead atoms. The van der Waals surface area contributed by atoms with Crippen LogP contribution in [0.5, 0.6) is 0 Å².